The summed E-state index contributed by atoms with van der Waals surface area (Å²) >= 11 is 0. The van der Waals surface area contributed by atoms with Crippen LogP contribution in [0, 0.1) is 17.6 Å². The summed E-state index contributed by atoms with van der Waals surface area (Å²) < 4.78 is 35.3. The van der Waals surface area contributed by atoms with Crippen LogP contribution in [0.4, 0.5) is 14.6 Å². The molecule has 1 N–H and O–H groups in total. The predicted octanol–water partition coefficient (Wildman–Crippen LogP) is 3.94. The van der Waals surface area contributed by atoms with E-state index in [4.69, 9.17) is 4.74 Å². The standard InChI is InChI=1S/C24H24F2N4O2/c1-14-11-27-24(32-14)16-4-6-30(7-5-16)23-20-10-17(25)9-19(22(20)28-13-29-23)18-3-2-15(12-31)8-21(18)26/h2-3,8-10,12-14,16,24,27H,4-7,11H2,1H3. The maximum atomic E-state index is 14.7. The van der Waals surface area contributed by atoms with Crippen molar-refractivity contribution >= 4 is 23.0 Å². The number of rotatable bonds is 4. The van der Waals surface area contributed by atoms with Crippen molar-refractivity contribution in [2.45, 2.75) is 32.1 Å². The fourth-order valence-corrected chi connectivity index (χ4v) is 4.72. The van der Waals surface area contributed by atoms with Gasteiger partial charge < -0.3 is 9.64 Å². The molecule has 6 nitrogen and oxygen atoms in total. The Morgan fingerprint density at radius 1 is 1.12 bits per heavy atom. The minimum absolute atomic E-state index is 0.0793. The molecule has 3 heterocycles. The number of carbonyl (C=O) groups is 1. The first-order valence-electron chi connectivity index (χ1n) is 10.9. The SMILES string of the molecule is CC1CNC(C2CCN(c3ncnc4c(-c5ccc(C=O)cc5F)cc(F)cc34)CC2)O1. The number of carbonyl (C=O) groups excluding carboxylic acids is 1. The molecule has 166 valence electrons. The van der Waals surface area contributed by atoms with Gasteiger partial charge in [0.15, 0.2) is 0 Å². The summed E-state index contributed by atoms with van der Waals surface area (Å²) in [5.74, 6) is -0.0228. The van der Waals surface area contributed by atoms with E-state index < -0.39 is 11.6 Å². The average Bonchev–Trinajstić information content (AvgIpc) is 3.24. The van der Waals surface area contributed by atoms with Crippen LogP contribution in [0.25, 0.3) is 22.0 Å². The maximum Gasteiger partial charge on any atom is 0.150 e. The summed E-state index contributed by atoms with van der Waals surface area (Å²) in [4.78, 5) is 21.9. The van der Waals surface area contributed by atoms with Crippen LogP contribution in [0.1, 0.15) is 30.1 Å². The molecule has 1 aromatic heterocycles. The van der Waals surface area contributed by atoms with E-state index >= 15 is 0 Å². The minimum Gasteiger partial charge on any atom is -0.359 e. The molecule has 2 atom stereocenters. The number of aromatic nitrogens is 2. The van der Waals surface area contributed by atoms with Crippen molar-refractivity contribution in [2.24, 2.45) is 5.92 Å². The van der Waals surface area contributed by atoms with E-state index in [1.165, 1.54) is 30.6 Å². The first kappa shape index (κ1) is 20.9. The molecule has 2 aliphatic rings. The van der Waals surface area contributed by atoms with E-state index in [1.54, 1.807) is 0 Å². The van der Waals surface area contributed by atoms with Crippen molar-refractivity contribution in [1.82, 2.24) is 15.3 Å². The van der Waals surface area contributed by atoms with E-state index in [2.05, 4.69) is 27.1 Å². The lowest BCUT2D eigenvalue weighted by atomic mass is 9.94. The molecule has 2 aliphatic heterocycles. The number of hydrogen-bond donors (Lipinski definition) is 1. The quantitative estimate of drug-likeness (QED) is 0.623. The molecule has 0 spiro atoms. The van der Waals surface area contributed by atoms with Crippen molar-refractivity contribution in [1.29, 1.82) is 0 Å². The second-order valence-corrected chi connectivity index (χ2v) is 8.50. The molecule has 5 rings (SSSR count). The van der Waals surface area contributed by atoms with Crippen LogP contribution >= 0.6 is 0 Å². The Bertz CT molecular complexity index is 1160. The van der Waals surface area contributed by atoms with Crippen molar-refractivity contribution < 1.29 is 18.3 Å². The highest BCUT2D eigenvalue weighted by Gasteiger charge is 2.32. The number of ether oxygens (including phenoxy) is 1. The monoisotopic (exact) mass is 438 g/mol. The maximum absolute atomic E-state index is 14.7. The Labute approximate surface area is 184 Å². The van der Waals surface area contributed by atoms with Gasteiger partial charge in [0.1, 0.15) is 36.3 Å². The molecule has 2 unspecified atom stereocenters. The third-order valence-corrected chi connectivity index (χ3v) is 6.35. The highest BCUT2D eigenvalue weighted by molar-refractivity contribution is 5.99. The number of benzene rings is 2. The lowest BCUT2D eigenvalue weighted by Crippen LogP contribution is -2.41. The topological polar surface area (TPSA) is 67.3 Å². The molecule has 0 bridgehead atoms. The van der Waals surface area contributed by atoms with E-state index in [9.17, 15) is 13.6 Å². The molecule has 0 radical (unpaired) electrons. The molecule has 2 fully saturated rings. The van der Waals surface area contributed by atoms with Gasteiger partial charge in [0, 0.05) is 47.6 Å². The lowest BCUT2D eigenvalue weighted by Gasteiger charge is -2.35. The third kappa shape index (κ3) is 3.84. The summed E-state index contributed by atoms with van der Waals surface area (Å²) in [7, 11) is 0. The van der Waals surface area contributed by atoms with Crippen molar-refractivity contribution in [3.8, 4) is 11.1 Å². The van der Waals surface area contributed by atoms with Gasteiger partial charge in [-0.2, -0.15) is 0 Å². The number of hydrogen-bond acceptors (Lipinski definition) is 6. The number of fused-ring (bicyclic) bond motifs is 1. The van der Waals surface area contributed by atoms with Crippen LogP contribution in [0.2, 0.25) is 0 Å². The number of piperidine rings is 1. The van der Waals surface area contributed by atoms with Gasteiger partial charge in [-0.1, -0.05) is 12.1 Å². The zero-order valence-electron chi connectivity index (χ0n) is 17.7. The Morgan fingerprint density at radius 2 is 1.94 bits per heavy atom. The summed E-state index contributed by atoms with van der Waals surface area (Å²) in [6.45, 7) is 4.46. The molecular formula is C24H24F2N4O2. The largest absolute Gasteiger partial charge is 0.359 e. The van der Waals surface area contributed by atoms with E-state index in [0.29, 0.717) is 34.5 Å². The molecule has 2 aromatic carbocycles. The highest BCUT2D eigenvalue weighted by Crippen LogP contribution is 2.35. The zero-order valence-corrected chi connectivity index (χ0v) is 17.7. The van der Waals surface area contributed by atoms with Gasteiger partial charge in [0.25, 0.3) is 0 Å². The summed E-state index contributed by atoms with van der Waals surface area (Å²) in [5, 5.41) is 3.98. The van der Waals surface area contributed by atoms with Gasteiger partial charge in [-0.15, -0.1) is 0 Å². The lowest BCUT2D eigenvalue weighted by molar-refractivity contribution is 0.00552. The Balaban J connectivity index is 1.48. The Hall–Kier alpha value is -2.97. The smallest absolute Gasteiger partial charge is 0.150 e. The number of aldehydes is 1. The second kappa shape index (κ2) is 8.52. The van der Waals surface area contributed by atoms with Gasteiger partial charge in [0.05, 0.1) is 11.6 Å². The first-order valence-corrected chi connectivity index (χ1v) is 10.9. The van der Waals surface area contributed by atoms with Crippen LogP contribution in [0.15, 0.2) is 36.7 Å². The van der Waals surface area contributed by atoms with Gasteiger partial charge in [-0.3, -0.25) is 10.1 Å². The molecule has 0 saturated carbocycles. The van der Waals surface area contributed by atoms with E-state index in [0.717, 1.165) is 38.5 Å². The van der Waals surface area contributed by atoms with Crippen LogP contribution in [0.5, 0.6) is 0 Å². The summed E-state index contributed by atoms with van der Waals surface area (Å²) in [6, 6.07) is 6.81. The minimum atomic E-state index is -0.597. The number of halogens is 2. The van der Waals surface area contributed by atoms with Gasteiger partial charge in [-0.25, -0.2) is 18.7 Å². The molecular weight excluding hydrogens is 414 g/mol. The number of anilines is 1. The normalized spacial score (nSPS) is 21.9. The van der Waals surface area contributed by atoms with E-state index in [1.807, 2.05) is 0 Å². The van der Waals surface area contributed by atoms with Crippen LogP contribution in [-0.2, 0) is 4.74 Å². The third-order valence-electron chi connectivity index (χ3n) is 6.35. The number of nitrogens with one attached hydrogen (secondary N) is 1. The molecule has 0 aliphatic carbocycles. The molecule has 3 aromatic rings. The Kier molecular flexibility index (Phi) is 5.57. The van der Waals surface area contributed by atoms with Gasteiger partial charge in [0.2, 0.25) is 0 Å². The van der Waals surface area contributed by atoms with Crippen LogP contribution in [-0.4, -0.2) is 48.2 Å². The van der Waals surface area contributed by atoms with Crippen molar-refractivity contribution in [3.05, 3.63) is 53.9 Å². The second-order valence-electron chi connectivity index (χ2n) is 8.50. The predicted molar refractivity (Wildman–Crippen MR) is 118 cm³/mol. The van der Waals surface area contributed by atoms with Crippen LogP contribution < -0.4 is 10.2 Å². The van der Waals surface area contributed by atoms with Gasteiger partial charge in [-0.05, 0) is 38.0 Å². The van der Waals surface area contributed by atoms with E-state index in [-0.39, 0.29) is 23.5 Å². The summed E-state index contributed by atoms with van der Waals surface area (Å²) in [6.07, 6.45) is 4.18. The highest BCUT2D eigenvalue weighted by atomic mass is 19.1. The fourth-order valence-electron chi connectivity index (χ4n) is 4.72. The number of nitrogens with zero attached hydrogens (tertiary/aromatic N) is 3. The van der Waals surface area contributed by atoms with Crippen molar-refractivity contribution in [3.63, 3.8) is 0 Å². The van der Waals surface area contributed by atoms with Gasteiger partial charge >= 0.3 is 0 Å². The molecule has 8 heteroatoms. The van der Waals surface area contributed by atoms with Crippen molar-refractivity contribution in [2.75, 3.05) is 24.5 Å². The molecule has 32 heavy (non-hydrogen) atoms. The fraction of sp³-hybridized carbons (Fsp3) is 0.375. The molecule has 2 saturated heterocycles. The zero-order chi connectivity index (χ0) is 22.2. The van der Waals surface area contributed by atoms with Crippen LogP contribution in [0.3, 0.4) is 0 Å². The summed E-state index contributed by atoms with van der Waals surface area (Å²) in [5.41, 5.74) is 1.24. The molecule has 0 amide bonds. The average molecular weight is 438 g/mol. The first-order chi connectivity index (χ1) is 15.5. The Morgan fingerprint density at radius 3 is 2.62 bits per heavy atom.